The number of anilines is 1. The standard InChI is InChI=1S/C13H13FN2/c1-10-3-2-8-15-13(10)9-16-12-6-4-11(14)5-7-12/h2-8,16H,9H2,1H3. The minimum absolute atomic E-state index is 0.223. The molecule has 2 aromatic rings. The second-order valence-corrected chi connectivity index (χ2v) is 3.63. The minimum atomic E-state index is -0.223. The fourth-order valence-corrected chi connectivity index (χ4v) is 1.46. The molecule has 0 aliphatic rings. The van der Waals surface area contributed by atoms with Crippen LogP contribution in [-0.4, -0.2) is 4.98 Å². The first-order chi connectivity index (χ1) is 7.75. The van der Waals surface area contributed by atoms with Crippen molar-refractivity contribution in [2.75, 3.05) is 5.32 Å². The zero-order valence-corrected chi connectivity index (χ0v) is 9.07. The van der Waals surface area contributed by atoms with Crippen LogP contribution in [0.1, 0.15) is 11.3 Å². The van der Waals surface area contributed by atoms with E-state index in [1.165, 1.54) is 12.1 Å². The number of aromatic nitrogens is 1. The first-order valence-corrected chi connectivity index (χ1v) is 5.15. The van der Waals surface area contributed by atoms with Crippen LogP contribution in [0.5, 0.6) is 0 Å². The van der Waals surface area contributed by atoms with Crippen molar-refractivity contribution in [1.82, 2.24) is 4.98 Å². The second-order valence-electron chi connectivity index (χ2n) is 3.63. The van der Waals surface area contributed by atoms with Gasteiger partial charge in [0.05, 0.1) is 12.2 Å². The Labute approximate surface area is 94.2 Å². The van der Waals surface area contributed by atoms with Crippen LogP contribution in [0.25, 0.3) is 0 Å². The normalized spacial score (nSPS) is 10.1. The van der Waals surface area contributed by atoms with Crippen molar-refractivity contribution in [1.29, 1.82) is 0 Å². The maximum Gasteiger partial charge on any atom is 0.123 e. The molecule has 0 bridgehead atoms. The molecule has 1 aromatic carbocycles. The van der Waals surface area contributed by atoms with Crippen LogP contribution in [-0.2, 0) is 6.54 Å². The molecular formula is C13H13FN2. The topological polar surface area (TPSA) is 24.9 Å². The summed E-state index contributed by atoms with van der Waals surface area (Å²) in [7, 11) is 0. The highest BCUT2D eigenvalue weighted by molar-refractivity contribution is 5.43. The van der Waals surface area contributed by atoms with Gasteiger partial charge in [0.2, 0.25) is 0 Å². The maximum atomic E-state index is 12.7. The molecule has 0 unspecified atom stereocenters. The minimum Gasteiger partial charge on any atom is -0.379 e. The van der Waals surface area contributed by atoms with Crippen molar-refractivity contribution in [3.63, 3.8) is 0 Å². The summed E-state index contributed by atoms with van der Waals surface area (Å²) < 4.78 is 12.7. The van der Waals surface area contributed by atoms with Gasteiger partial charge in [-0.1, -0.05) is 6.07 Å². The summed E-state index contributed by atoms with van der Waals surface area (Å²) in [5.74, 6) is -0.223. The highest BCUT2D eigenvalue weighted by Crippen LogP contribution is 2.11. The van der Waals surface area contributed by atoms with Crippen LogP contribution in [0.15, 0.2) is 42.6 Å². The SMILES string of the molecule is Cc1cccnc1CNc1ccc(F)cc1. The highest BCUT2D eigenvalue weighted by atomic mass is 19.1. The molecule has 0 fully saturated rings. The lowest BCUT2D eigenvalue weighted by Crippen LogP contribution is -2.03. The molecule has 0 aliphatic heterocycles. The molecule has 0 aliphatic carbocycles. The number of pyridine rings is 1. The number of aryl methyl sites for hydroxylation is 1. The van der Waals surface area contributed by atoms with Crippen LogP contribution in [0, 0.1) is 12.7 Å². The first kappa shape index (κ1) is 10.6. The fraction of sp³-hybridized carbons (Fsp3) is 0.154. The van der Waals surface area contributed by atoms with E-state index in [1.54, 1.807) is 18.3 Å². The summed E-state index contributed by atoms with van der Waals surface area (Å²) in [4.78, 5) is 4.27. The summed E-state index contributed by atoms with van der Waals surface area (Å²) >= 11 is 0. The highest BCUT2D eigenvalue weighted by Gasteiger charge is 1.98. The zero-order valence-electron chi connectivity index (χ0n) is 9.07. The molecule has 0 atom stereocenters. The molecule has 82 valence electrons. The number of hydrogen-bond donors (Lipinski definition) is 1. The smallest absolute Gasteiger partial charge is 0.123 e. The fourth-order valence-electron chi connectivity index (χ4n) is 1.46. The van der Waals surface area contributed by atoms with Crippen molar-refractivity contribution < 1.29 is 4.39 Å². The Morgan fingerprint density at radius 3 is 2.62 bits per heavy atom. The zero-order chi connectivity index (χ0) is 11.4. The van der Waals surface area contributed by atoms with Crippen LogP contribution >= 0.6 is 0 Å². The summed E-state index contributed by atoms with van der Waals surface area (Å²) in [6.45, 7) is 2.67. The Balaban J connectivity index is 2.02. The molecule has 0 radical (unpaired) electrons. The Morgan fingerprint density at radius 1 is 1.19 bits per heavy atom. The van der Waals surface area contributed by atoms with Gasteiger partial charge in [-0.15, -0.1) is 0 Å². The van der Waals surface area contributed by atoms with E-state index in [1.807, 2.05) is 19.1 Å². The molecule has 3 heteroatoms. The molecule has 1 heterocycles. The predicted molar refractivity (Wildman–Crippen MR) is 62.7 cm³/mol. The molecule has 1 aromatic heterocycles. The summed E-state index contributed by atoms with van der Waals surface area (Å²) in [6, 6.07) is 10.2. The third-order valence-corrected chi connectivity index (χ3v) is 2.42. The van der Waals surface area contributed by atoms with Crippen molar-refractivity contribution in [3.05, 3.63) is 59.7 Å². The third-order valence-electron chi connectivity index (χ3n) is 2.42. The van der Waals surface area contributed by atoms with Crippen molar-refractivity contribution in [3.8, 4) is 0 Å². The molecule has 16 heavy (non-hydrogen) atoms. The molecule has 1 N–H and O–H groups in total. The number of benzene rings is 1. The van der Waals surface area contributed by atoms with Gasteiger partial charge in [0, 0.05) is 11.9 Å². The van der Waals surface area contributed by atoms with Gasteiger partial charge in [-0.3, -0.25) is 4.98 Å². The summed E-state index contributed by atoms with van der Waals surface area (Å²) in [5, 5.41) is 3.20. The Kier molecular flexibility index (Phi) is 3.15. The van der Waals surface area contributed by atoms with Gasteiger partial charge in [-0.25, -0.2) is 4.39 Å². The summed E-state index contributed by atoms with van der Waals surface area (Å²) in [5.41, 5.74) is 3.05. The van der Waals surface area contributed by atoms with Crippen molar-refractivity contribution in [2.24, 2.45) is 0 Å². The van der Waals surface area contributed by atoms with E-state index in [0.29, 0.717) is 6.54 Å². The number of hydrogen-bond acceptors (Lipinski definition) is 2. The molecule has 0 spiro atoms. The predicted octanol–water partition coefficient (Wildman–Crippen LogP) is 3.14. The second kappa shape index (κ2) is 4.75. The first-order valence-electron chi connectivity index (χ1n) is 5.15. The van der Waals surface area contributed by atoms with Gasteiger partial charge in [-0.2, -0.15) is 0 Å². The lowest BCUT2D eigenvalue weighted by atomic mass is 10.2. The van der Waals surface area contributed by atoms with E-state index in [-0.39, 0.29) is 5.82 Å². The van der Waals surface area contributed by atoms with Gasteiger partial charge < -0.3 is 5.32 Å². The average molecular weight is 216 g/mol. The monoisotopic (exact) mass is 216 g/mol. The van der Waals surface area contributed by atoms with E-state index in [2.05, 4.69) is 10.3 Å². The Hall–Kier alpha value is -1.90. The third kappa shape index (κ3) is 2.57. The molecule has 2 nitrogen and oxygen atoms in total. The van der Waals surface area contributed by atoms with Gasteiger partial charge in [-0.05, 0) is 42.8 Å². The Bertz CT molecular complexity index is 466. The molecule has 2 rings (SSSR count). The van der Waals surface area contributed by atoms with E-state index in [0.717, 1.165) is 16.9 Å². The van der Waals surface area contributed by atoms with Crippen LogP contribution in [0.2, 0.25) is 0 Å². The quantitative estimate of drug-likeness (QED) is 0.852. The molecule has 0 amide bonds. The maximum absolute atomic E-state index is 12.7. The van der Waals surface area contributed by atoms with E-state index < -0.39 is 0 Å². The number of rotatable bonds is 3. The van der Waals surface area contributed by atoms with E-state index in [9.17, 15) is 4.39 Å². The lowest BCUT2D eigenvalue weighted by Gasteiger charge is -2.07. The molecular weight excluding hydrogens is 203 g/mol. The summed E-state index contributed by atoms with van der Waals surface area (Å²) in [6.07, 6.45) is 1.77. The van der Waals surface area contributed by atoms with Crippen LogP contribution in [0.4, 0.5) is 10.1 Å². The van der Waals surface area contributed by atoms with Crippen molar-refractivity contribution >= 4 is 5.69 Å². The number of nitrogens with zero attached hydrogens (tertiary/aromatic N) is 1. The van der Waals surface area contributed by atoms with Gasteiger partial charge >= 0.3 is 0 Å². The lowest BCUT2D eigenvalue weighted by molar-refractivity contribution is 0.628. The van der Waals surface area contributed by atoms with Gasteiger partial charge in [0.1, 0.15) is 5.82 Å². The van der Waals surface area contributed by atoms with Gasteiger partial charge in [0.25, 0.3) is 0 Å². The largest absolute Gasteiger partial charge is 0.379 e. The van der Waals surface area contributed by atoms with E-state index >= 15 is 0 Å². The van der Waals surface area contributed by atoms with Crippen LogP contribution < -0.4 is 5.32 Å². The van der Waals surface area contributed by atoms with Crippen molar-refractivity contribution in [2.45, 2.75) is 13.5 Å². The molecule has 0 saturated carbocycles. The van der Waals surface area contributed by atoms with Crippen LogP contribution in [0.3, 0.4) is 0 Å². The molecule has 0 saturated heterocycles. The average Bonchev–Trinajstić information content (AvgIpc) is 2.30. The number of halogens is 1. The van der Waals surface area contributed by atoms with E-state index in [4.69, 9.17) is 0 Å². The van der Waals surface area contributed by atoms with Gasteiger partial charge in [0.15, 0.2) is 0 Å². The Morgan fingerprint density at radius 2 is 1.94 bits per heavy atom. The number of nitrogens with one attached hydrogen (secondary N) is 1.